The van der Waals surface area contributed by atoms with E-state index in [2.05, 4.69) is 54.6 Å². The minimum atomic E-state index is 0.903. The molecule has 0 spiro atoms. The molecular formula is C15H21N3. The molecule has 1 aromatic heterocycles. The van der Waals surface area contributed by atoms with Crippen LogP contribution in [-0.2, 0) is 13.1 Å². The third kappa shape index (κ3) is 2.99. The fourth-order valence-electron chi connectivity index (χ4n) is 2.08. The van der Waals surface area contributed by atoms with Crippen molar-refractivity contribution in [2.75, 3.05) is 6.54 Å². The average molecular weight is 243 g/mol. The van der Waals surface area contributed by atoms with Crippen molar-refractivity contribution in [2.45, 2.75) is 33.4 Å². The van der Waals surface area contributed by atoms with Crippen LogP contribution in [0.3, 0.4) is 0 Å². The maximum Gasteiger partial charge on any atom is 0.0682 e. The molecule has 0 fully saturated rings. The van der Waals surface area contributed by atoms with E-state index in [0.717, 1.165) is 19.6 Å². The Labute approximate surface area is 109 Å². The molecule has 96 valence electrons. The summed E-state index contributed by atoms with van der Waals surface area (Å²) in [4.78, 5) is 0. The van der Waals surface area contributed by atoms with E-state index in [1.165, 1.54) is 23.2 Å². The van der Waals surface area contributed by atoms with Gasteiger partial charge in [0.25, 0.3) is 0 Å². The van der Waals surface area contributed by atoms with Crippen LogP contribution in [-0.4, -0.2) is 16.3 Å². The van der Waals surface area contributed by atoms with Crippen molar-refractivity contribution in [1.29, 1.82) is 0 Å². The molecule has 3 heteroatoms. The molecule has 0 aliphatic carbocycles. The first-order chi connectivity index (χ1) is 8.85. The summed E-state index contributed by atoms with van der Waals surface area (Å²) in [6.45, 7) is 7.20. The summed E-state index contributed by atoms with van der Waals surface area (Å²) in [5.41, 5.74) is 3.75. The molecule has 1 aromatic carbocycles. The molecule has 18 heavy (non-hydrogen) atoms. The van der Waals surface area contributed by atoms with Crippen LogP contribution < -0.4 is 5.32 Å². The fourth-order valence-corrected chi connectivity index (χ4v) is 2.08. The number of aromatic nitrogens is 2. The molecule has 0 radical (unpaired) electrons. The van der Waals surface area contributed by atoms with Crippen LogP contribution in [0, 0.1) is 0 Å². The molecule has 2 aromatic rings. The monoisotopic (exact) mass is 243 g/mol. The Morgan fingerprint density at radius 3 is 2.89 bits per heavy atom. The lowest BCUT2D eigenvalue weighted by Gasteiger charge is -2.08. The van der Waals surface area contributed by atoms with Crippen molar-refractivity contribution >= 4 is 0 Å². The first-order valence-electron chi connectivity index (χ1n) is 6.67. The zero-order chi connectivity index (χ0) is 12.8. The van der Waals surface area contributed by atoms with Crippen molar-refractivity contribution < 1.29 is 0 Å². The first-order valence-corrected chi connectivity index (χ1v) is 6.67. The highest BCUT2D eigenvalue weighted by atomic mass is 15.3. The van der Waals surface area contributed by atoms with Gasteiger partial charge in [-0.3, -0.25) is 4.68 Å². The highest BCUT2D eigenvalue weighted by Gasteiger charge is 2.04. The first kappa shape index (κ1) is 12.8. The predicted octanol–water partition coefficient (Wildman–Crippen LogP) is 3.07. The van der Waals surface area contributed by atoms with E-state index in [-0.39, 0.29) is 0 Å². The summed E-state index contributed by atoms with van der Waals surface area (Å²) < 4.78 is 2.03. The number of rotatable bonds is 6. The molecule has 0 aliphatic heterocycles. The van der Waals surface area contributed by atoms with Crippen LogP contribution in [0.15, 0.2) is 36.5 Å². The van der Waals surface area contributed by atoms with E-state index in [9.17, 15) is 0 Å². The van der Waals surface area contributed by atoms with E-state index >= 15 is 0 Å². The summed E-state index contributed by atoms with van der Waals surface area (Å²) in [5, 5.41) is 7.75. The van der Waals surface area contributed by atoms with Crippen molar-refractivity contribution in [3.8, 4) is 11.3 Å². The van der Waals surface area contributed by atoms with Gasteiger partial charge in [-0.15, -0.1) is 0 Å². The van der Waals surface area contributed by atoms with Gasteiger partial charge in [-0.1, -0.05) is 25.1 Å². The highest BCUT2D eigenvalue weighted by molar-refractivity contribution is 5.60. The predicted molar refractivity (Wildman–Crippen MR) is 75.3 cm³/mol. The Bertz CT molecular complexity index is 488. The van der Waals surface area contributed by atoms with Gasteiger partial charge in [-0.05, 0) is 37.6 Å². The van der Waals surface area contributed by atoms with Crippen molar-refractivity contribution in [3.63, 3.8) is 0 Å². The minimum absolute atomic E-state index is 0.903. The van der Waals surface area contributed by atoms with E-state index in [1.54, 1.807) is 0 Å². The van der Waals surface area contributed by atoms with Crippen LogP contribution in [0.5, 0.6) is 0 Å². The quantitative estimate of drug-likeness (QED) is 0.790. The van der Waals surface area contributed by atoms with Crippen LogP contribution in [0.2, 0.25) is 0 Å². The number of nitrogens with one attached hydrogen (secondary N) is 1. The molecule has 0 saturated carbocycles. The molecule has 3 nitrogen and oxygen atoms in total. The lowest BCUT2D eigenvalue weighted by Crippen LogP contribution is -2.13. The maximum absolute atomic E-state index is 4.32. The molecule has 0 atom stereocenters. The van der Waals surface area contributed by atoms with Crippen molar-refractivity contribution in [1.82, 2.24) is 15.1 Å². The van der Waals surface area contributed by atoms with Crippen LogP contribution >= 0.6 is 0 Å². The van der Waals surface area contributed by atoms with Crippen molar-refractivity contribution in [2.24, 2.45) is 0 Å². The van der Waals surface area contributed by atoms with Gasteiger partial charge in [0.2, 0.25) is 0 Å². The van der Waals surface area contributed by atoms with Crippen molar-refractivity contribution in [3.05, 3.63) is 42.1 Å². The second-order valence-electron chi connectivity index (χ2n) is 4.41. The van der Waals surface area contributed by atoms with Gasteiger partial charge in [-0.25, -0.2) is 0 Å². The van der Waals surface area contributed by atoms with Gasteiger partial charge < -0.3 is 5.32 Å². The molecule has 0 aliphatic rings. The molecule has 1 N–H and O–H groups in total. The van der Waals surface area contributed by atoms with E-state index in [4.69, 9.17) is 0 Å². The van der Waals surface area contributed by atoms with Gasteiger partial charge in [0.05, 0.1) is 5.69 Å². The SMILES string of the molecule is CCCNCc1cccc(-c2ccnn2CC)c1. The summed E-state index contributed by atoms with van der Waals surface area (Å²) in [6.07, 6.45) is 3.03. The standard InChI is InChI=1S/C15H21N3/c1-3-9-16-12-13-6-5-7-14(11-13)15-8-10-17-18(15)4-2/h5-8,10-11,16H,3-4,9,12H2,1-2H3. The Hall–Kier alpha value is -1.61. The number of aryl methyl sites for hydroxylation is 1. The summed E-state index contributed by atoms with van der Waals surface area (Å²) in [5.74, 6) is 0. The Morgan fingerprint density at radius 1 is 1.22 bits per heavy atom. The zero-order valence-electron chi connectivity index (χ0n) is 11.2. The Balaban J connectivity index is 2.16. The van der Waals surface area contributed by atoms with E-state index in [1.807, 2.05) is 10.9 Å². The number of hydrogen-bond donors (Lipinski definition) is 1. The van der Waals surface area contributed by atoms with E-state index < -0.39 is 0 Å². The van der Waals surface area contributed by atoms with Crippen LogP contribution in [0.4, 0.5) is 0 Å². The fraction of sp³-hybridized carbons (Fsp3) is 0.400. The summed E-state index contributed by atoms with van der Waals surface area (Å²) >= 11 is 0. The molecule has 0 saturated heterocycles. The lowest BCUT2D eigenvalue weighted by atomic mass is 10.1. The average Bonchev–Trinajstić information content (AvgIpc) is 2.88. The van der Waals surface area contributed by atoms with Crippen LogP contribution in [0.1, 0.15) is 25.8 Å². The van der Waals surface area contributed by atoms with Gasteiger partial charge in [0.15, 0.2) is 0 Å². The molecular weight excluding hydrogens is 222 g/mol. The van der Waals surface area contributed by atoms with Gasteiger partial charge >= 0.3 is 0 Å². The largest absolute Gasteiger partial charge is 0.313 e. The summed E-state index contributed by atoms with van der Waals surface area (Å²) in [6, 6.07) is 10.7. The third-order valence-corrected chi connectivity index (χ3v) is 2.99. The lowest BCUT2D eigenvalue weighted by molar-refractivity contribution is 0.666. The molecule has 0 bridgehead atoms. The maximum atomic E-state index is 4.32. The molecule has 2 rings (SSSR count). The van der Waals surface area contributed by atoms with Gasteiger partial charge in [-0.2, -0.15) is 5.10 Å². The highest BCUT2D eigenvalue weighted by Crippen LogP contribution is 2.20. The van der Waals surface area contributed by atoms with Gasteiger partial charge in [0, 0.05) is 24.8 Å². The van der Waals surface area contributed by atoms with Crippen LogP contribution in [0.25, 0.3) is 11.3 Å². The third-order valence-electron chi connectivity index (χ3n) is 2.99. The second-order valence-corrected chi connectivity index (χ2v) is 4.41. The Morgan fingerprint density at radius 2 is 2.11 bits per heavy atom. The Kier molecular flexibility index (Phi) is 4.53. The second kappa shape index (κ2) is 6.36. The van der Waals surface area contributed by atoms with E-state index in [0.29, 0.717) is 0 Å². The van der Waals surface area contributed by atoms with Gasteiger partial charge in [0.1, 0.15) is 0 Å². The number of nitrogens with zero attached hydrogens (tertiary/aromatic N) is 2. The topological polar surface area (TPSA) is 29.9 Å². The zero-order valence-corrected chi connectivity index (χ0v) is 11.2. The minimum Gasteiger partial charge on any atom is -0.313 e. The summed E-state index contributed by atoms with van der Waals surface area (Å²) in [7, 11) is 0. The molecule has 1 heterocycles. The number of benzene rings is 1. The number of hydrogen-bond acceptors (Lipinski definition) is 2. The molecule has 0 amide bonds. The normalized spacial score (nSPS) is 10.8. The smallest absolute Gasteiger partial charge is 0.0682 e. The molecule has 0 unspecified atom stereocenters.